The van der Waals surface area contributed by atoms with Crippen LogP contribution < -0.4 is 5.32 Å². The zero-order valence-electron chi connectivity index (χ0n) is 9.61. The van der Waals surface area contributed by atoms with Crippen LogP contribution in [0, 0.1) is 17.2 Å². The van der Waals surface area contributed by atoms with Crippen molar-refractivity contribution < 1.29 is 0 Å². The van der Waals surface area contributed by atoms with E-state index < -0.39 is 0 Å². The number of nitriles is 1. The largest absolute Gasteiger partial charge is 0.367 e. The van der Waals surface area contributed by atoms with Gasteiger partial charge < -0.3 is 5.32 Å². The Bertz CT molecular complexity index is 390. The minimum atomic E-state index is 0.391. The molecule has 1 heterocycles. The maximum Gasteiger partial charge on any atom is 0.144 e. The van der Waals surface area contributed by atoms with Crippen molar-refractivity contribution in [2.75, 3.05) is 5.32 Å². The van der Waals surface area contributed by atoms with Crippen LogP contribution in [0.1, 0.15) is 38.2 Å². The Morgan fingerprint density at radius 1 is 1.62 bits per heavy atom. The fraction of sp³-hybridized carbons (Fsp3) is 0.538. The maximum atomic E-state index is 8.93. The van der Waals surface area contributed by atoms with Gasteiger partial charge in [-0.1, -0.05) is 12.8 Å². The number of hydrogen-bond donors (Lipinski definition) is 1. The molecular weight excluding hydrogens is 198 g/mol. The van der Waals surface area contributed by atoms with Crippen molar-refractivity contribution >= 4 is 5.82 Å². The van der Waals surface area contributed by atoms with Gasteiger partial charge in [-0.2, -0.15) is 5.26 Å². The SMILES string of the molecule is CC(CCC1CC1)Nc1ncccc1C#N. The zero-order chi connectivity index (χ0) is 11.4. The molecule has 1 unspecified atom stereocenters. The summed E-state index contributed by atoms with van der Waals surface area (Å²) in [5.74, 6) is 1.68. The number of nitrogens with zero attached hydrogens (tertiary/aromatic N) is 2. The predicted octanol–water partition coefficient (Wildman–Crippen LogP) is 2.94. The summed E-state index contributed by atoms with van der Waals surface area (Å²) in [6.45, 7) is 2.15. The first-order valence-corrected chi connectivity index (χ1v) is 5.91. The molecular formula is C13H17N3. The predicted molar refractivity (Wildman–Crippen MR) is 64.0 cm³/mol. The van der Waals surface area contributed by atoms with Gasteiger partial charge in [0.2, 0.25) is 0 Å². The molecule has 1 atom stereocenters. The molecule has 0 spiro atoms. The highest BCUT2D eigenvalue weighted by molar-refractivity contribution is 5.51. The van der Waals surface area contributed by atoms with Crippen molar-refractivity contribution in [1.29, 1.82) is 5.26 Å². The second-order valence-corrected chi connectivity index (χ2v) is 4.58. The van der Waals surface area contributed by atoms with Crippen molar-refractivity contribution in [2.45, 2.75) is 38.6 Å². The molecule has 1 aliphatic carbocycles. The third-order valence-electron chi connectivity index (χ3n) is 3.02. The normalized spacial score (nSPS) is 16.5. The molecule has 1 saturated carbocycles. The summed E-state index contributed by atoms with van der Waals surface area (Å²) >= 11 is 0. The van der Waals surface area contributed by atoms with Crippen LogP contribution in [0.2, 0.25) is 0 Å². The Kier molecular flexibility index (Phi) is 3.40. The summed E-state index contributed by atoms with van der Waals surface area (Å²) in [6, 6.07) is 6.13. The van der Waals surface area contributed by atoms with Crippen molar-refractivity contribution in [3.63, 3.8) is 0 Å². The van der Waals surface area contributed by atoms with Crippen molar-refractivity contribution in [1.82, 2.24) is 4.98 Å². The van der Waals surface area contributed by atoms with Gasteiger partial charge in [0, 0.05) is 12.2 Å². The van der Waals surface area contributed by atoms with Gasteiger partial charge in [0.25, 0.3) is 0 Å². The minimum Gasteiger partial charge on any atom is -0.367 e. The summed E-state index contributed by atoms with van der Waals surface area (Å²) in [5, 5.41) is 12.2. The standard InChI is InChI=1S/C13H17N3/c1-10(4-5-11-6-7-11)16-13-12(9-14)3-2-8-15-13/h2-3,8,10-11H,4-7H2,1H3,(H,15,16). The van der Waals surface area contributed by atoms with Crippen LogP contribution in [0.5, 0.6) is 0 Å². The molecule has 3 nitrogen and oxygen atoms in total. The molecule has 1 aromatic heterocycles. The van der Waals surface area contributed by atoms with E-state index in [1.54, 1.807) is 18.3 Å². The van der Waals surface area contributed by atoms with Crippen LogP contribution in [-0.4, -0.2) is 11.0 Å². The number of anilines is 1. The first-order valence-electron chi connectivity index (χ1n) is 5.91. The quantitative estimate of drug-likeness (QED) is 0.821. The van der Waals surface area contributed by atoms with Gasteiger partial charge in [0.05, 0.1) is 5.56 Å². The van der Waals surface area contributed by atoms with Crippen molar-refractivity contribution in [3.8, 4) is 6.07 Å². The molecule has 1 aliphatic rings. The van der Waals surface area contributed by atoms with E-state index in [9.17, 15) is 0 Å². The van der Waals surface area contributed by atoms with E-state index in [1.807, 2.05) is 0 Å². The van der Waals surface area contributed by atoms with E-state index in [0.717, 1.165) is 12.3 Å². The highest BCUT2D eigenvalue weighted by atomic mass is 15.0. The van der Waals surface area contributed by atoms with Gasteiger partial charge in [0.15, 0.2) is 0 Å². The number of nitrogens with one attached hydrogen (secondary N) is 1. The Balaban J connectivity index is 1.89. The van der Waals surface area contributed by atoms with Crippen LogP contribution in [0.25, 0.3) is 0 Å². The summed E-state index contributed by atoms with van der Waals surface area (Å²) in [4.78, 5) is 4.20. The average Bonchev–Trinajstić information content (AvgIpc) is 3.11. The Hall–Kier alpha value is -1.56. The lowest BCUT2D eigenvalue weighted by Crippen LogP contribution is -2.16. The van der Waals surface area contributed by atoms with Crippen LogP contribution in [0.3, 0.4) is 0 Å². The molecule has 2 rings (SSSR count). The third-order valence-corrected chi connectivity index (χ3v) is 3.02. The molecule has 0 aliphatic heterocycles. The van der Waals surface area contributed by atoms with E-state index >= 15 is 0 Å². The maximum absolute atomic E-state index is 8.93. The highest BCUT2D eigenvalue weighted by Crippen LogP contribution is 2.34. The van der Waals surface area contributed by atoms with Gasteiger partial charge in [0.1, 0.15) is 11.9 Å². The Morgan fingerprint density at radius 3 is 3.12 bits per heavy atom. The molecule has 1 fully saturated rings. The second-order valence-electron chi connectivity index (χ2n) is 4.58. The molecule has 3 heteroatoms. The van der Waals surface area contributed by atoms with Crippen LogP contribution in [0.4, 0.5) is 5.82 Å². The van der Waals surface area contributed by atoms with E-state index in [4.69, 9.17) is 5.26 Å². The van der Waals surface area contributed by atoms with Gasteiger partial charge in [-0.05, 0) is 37.8 Å². The number of rotatable bonds is 5. The number of aromatic nitrogens is 1. The summed E-state index contributed by atoms with van der Waals surface area (Å²) < 4.78 is 0. The van der Waals surface area contributed by atoms with Crippen LogP contribution >= 0.6 is 0 Å². The van der Waals surface area contributed by atoms with Crippen LogP contribution in [0.15, 0.2) is 18.3 Å². The fourth-order valence-corrected chi connectivity index (χ4v) is 1.81. The van der Waals surface area contributed by atoms with Crippen LogP contribution in [-0.2, 0) is 0 Å². The molecule has 0 radical (unpaired) electrons. The Labute approximate surface area is 96.5 Å². The minimum absolute atomic E-state index is 0.391. The summed E-state index contributed by atoms with van der Waals surface area (Å²) in [5.41, 5.74) is 0.626. The van der Waals surface area contributed by atoms with Gasteiger partial charge in [-0.3, -0.25) is 0 Å². The lowest BCUT2D eigenvalue weighted by molar-refractivity contribution is 0.609. The Morgan fingerprint density at radius 2 is 2.44 bits per heavy atom. The molecule has 0 saturated heterocycles. The first kappa shape index (κ1) is 10.9. The molecule has 84 valence electrons. The molecule has 1 aromatic rings. The lowest BCUT2D eigenvalue weighted by Gasteiger charge is -2.14. The smallest absolute Gasteiger partial charge is 0.144 e. The monoisotopic (exact) mass is 215 g/mol. The first-order chi connectivity index (χ1) is 7.79. The van der Waals surface area contributed by atoms with Crippen molar-refractivity contribution in [2.24, 2.45) is 5.92 Å². The summed E-state index contributed by atoms with van der Waals surface area (Å²) in [7, 11) is 0. The highest BCUT2D eigenvalue weighted by Gasteiger charge is 2.21. The van der Waals surface area contributed by atoms with E-state index in [2.05, 4.69) is 23.3 Å². The molecule has 0 aromatic carbocycles. The van der Waals surface area contributed by atoms with E-state index in [1.165, 1.54) is 19.3 Å². The molecule has 1 N–H and O–H groups in total. The fourth-order valence-electron chi connectivity index (χ4n) is 1.81. The summed E-state index contributed by atoms with van der Waals surface area (Å²) in [6.07, 6.45) is 6.98. The van der Waals surface area contributed by atoms with Gasteiger partial charge in [-0.25, -0.2) is 4.98 Å². The van der Waals surface area contributed by atoms with Gasteiger partial charge >= 0.3 is 0 Å². The molecule has 0 bridgehead atoms. The number of pyridine rings is 1. The topological polar surface area (TPSA) is 48.7 Å². The van der Waals surface area contributed by atoms with Crippen molar-refractivity contribution in [3.05, 3.63) is 23.9 Å². The number of hydrogen-bond acceptors (Lipinski definition) is 3. The van der Waals surface area contributed by atoms with E-state index in [0.29, 0.717) is 17.4 Å². The average molecular weight is 215 g/mol. The molecule has 16 heavy (non-hydrogen) atoms. The third kappa shape index (κ3) is 2.96. The zero-order valence-corrected chi connectivity index (χ0v) is 9.61. The lowest BCUT2D eigenvalue weighted by atomic mass is 10.1. The van der Waals surface area contributed by atoms with E-state index in [-0.39, 0.29) is 0 Å². The second kappa shape index (κ2) is 4.98. The van der Waals surface area contributed by atoms with Gasteiger partial charge in [-0.15, -0.1) is 0 Å². The molecule has 0 amide bonds.